The minimum atomic E-state index is -1.49. The van der Waals surface area contributed by atoms with Gasteiger partial charge in [0.1, 0.15) is 5.75 Å². The highest BCUT2D eigenvalue weighted by atomic mass is 31.2. The van der Waals surface area contributed by atoms with Gasteiger partial charge in [-0.3, -0.25) is 0 Å². The van der Waals surface area contributed by atoms with Crippen LogP contribution in [0, 0.1) is 13.8 Å². The summed E-state index contributed by atoms with van der Waals surface area (Å²) in [6, 6.07) is 11.9. The van der Waals surface area contributed by atoms with Gasteiger partial charge in [0.15, 0.2) is 0 Å². The lowest BCUT2D eigenvalue weighted by atomic mass is 9.77. The van der Waals surface area contributed by atoms with E-state index in [-0.39, 0.29) is 10.8 Å². The minimum absolute atomic E-state index is 0.0934. The van der Waals surface area contributed by atoms with Crippen molar-refractivity contribution < 1.29 is 13.6 Å². The monoisotopic (exact) mass is 795 g/mol. The van der Waals surface area contributed by atoms with Crippen LogP contribution in [0.3, 0.4) is 0 Å². The molecule has 1 unspecified atom stereocenters. The molecule has 0 aliphatic heterocycles. The molecular formula is C52H91O3P. The van der Waals surface area contributed by atoms with Crippen LogP contribution in [-0.4, -0.2) is 13.2 Å². The normalized spacial score (nSPS) is 12.9. The molecule has 4 heteroatoms. The van der Waals surface area contributed by atoms with Gasteiger partial charge in [-0.15, -0.1) is 0 Å². The van der Waals surface area contributed by atoms with Crippen molar-refractivity contribution in [2.75, 3.05) is 13.2 Å². The maximum absolute atomic E-state index is 6.86. The molecule has 0 aliphatic carbocycles. The van der Waals surface area contributed by atoms with Gasteiger partial charge in [0.25, 0.3) is 0 Å². The second kappa shape index (κ2) is 28.9. The van der Waals surface area contributed by atoms with Crippen LogP contribution in [0.2, 0.25) is 0 Å². The highest BCUT2D eigenvalue weighted by molar-refractivity contribution is 7.42. The van der Waals surface area contributed by atoms with Crippen molar-refractivity contribution in [3.8, 4) is 5.75 Å². The highest BCUT2D eigenvalue weighted by Crippen LogP contribution is 2.47. The lowest BCUT2D eigenvalue weighted by Crippen LogP contribution is -2.17. The zero-order valence-electron chi connectivity index (χ0n) is 39.0. The standard InChI is InChI=1S/C52H91O3P/c1-12-15-17-19-21-23-25-27-29-31-33-38-53-56(54-39-34-32-30-28-26-24-22-20-18-16-13-2)55-50-40-44(5)48(42-49(50)52(9,10)11)46(35-14-3)47-41-45(51(6,7)8)37-36-43(47)4/h36-37,40-42,46H,12-35,38-39H2,1-11H3. The van der Waals surface area contributed by atoms with Crippen molar-refractivity contribution in [3.05, 3.63) is 63.7 Å². The SMILES string of the molecule is CCCCCCCCCCCCCOP(OCCCCCCCCCCCCC)Oc1cc(C)c(C(CCC)c2cc(C(C)(C)C)ccc2C)cc1C(C)(C)C. The summed E-state index contributed by atoms with van der Waals surface area (Å²) in [4.78, 5) is 0. The molecule has 0 aromatic heterocycles. The Hall–Kier alpha value is -1.41. The number of unbranched alkanes of at least 4 members (excludes halogenated alkanes) is 20. The third-order valence-corrected chi connectivity index (χ3v) is 12.8. The van der Waals surface area contributed by atoms with Crippen molar-refractivity contribution in [2.45, 2.75) is 247 Å². The van der Waals surface area contributed by atoms with E-state index in [1.807, 2.05) is 0 Å². The van der Waals surface area contributed by atoms with E-state index in [0.29, 0.717) is 19.1 Å². The fourth-order valence-corrected chi connectivity index (χ4v) is 9.01. The first-order chi connectivity index (χ1) is 26.8. The summed E-state index contributed by atoms with van der Waals surface area (Å²) in [5.41, 5.74) is 8.22. The van der Waals surface area contributed by atoms with Crippen LogP contribution in [0.25, 0.3) is 0 Å². The smallest absolute Gasteiger partial charge is 0.397 e. The molecule has 0 aliphatic rings. The Balaban J connectivity index is 2.15. The largest absolute Gasteiger partial charge is 0.426 e. The Labute approximate surface area is 350 Å². The first-order valence-corrected chi connectivity index (χ1v) is 24.9. The molecule has 56 heavy (non-hydrogen) atoms. The quantitative estimate of drug-likeness (QED) is 0.0545. The van der Waals surface area contributed by atoms with Crippen molar-refractivity contribution in [1.29, 1.82) is 0 Å². The molecule has 2 aromatic carbocycles. The molecular weight excluding hydrogens is 704 g/mol. The molecule has 1 atom stereocenters. The Morgan fingerprint density at radius 1 is 0.482 bits per heavy atom. The summed E-state index contributed by atoms with van der Waals surface area (Å²) in [7, 11) is -1.49. The van der Waals surface area contributed by atoms with Gasteiger partial charge in [-0.25, -0.2) is 0 Å². The molecule has 0 amide bonds. The molecule has 0 heterocycles. The summed E-state index contributed by atoms with van der Waals surface area (Å²) >= 11 is 0. The van der Waals surface area contributed by atoms with Gasteiger partial charge in [-0.05, 0) is 77.8 Å². The highest BCUT2D eigenvalue weighted by Gasteiger charge is 2.28. The Morgan fingerprint density at radius 2 is 0.911 bits per heavy atom. The van der Waals surface area contributed by atoms with Gasteiger partial charge in [-0.1, -0.05) is 221 Å². The van der Waals surface area contributed by atoms with E-state index >= 15 is 0 Å². The minimum Gasteiger partial charge on any atom is -0.426 e. The van der Waals surface area contributed by atoms with Crippen LogP contribution in [-0.2, 0) is 19.9 Å². The Morgan fingerprint density at radius 3 is 1.32 bits per heavy atom. The summed E-state index contributed by atoms with van der Waals surface area (Å²) in [5, 5.41) is 0. The number of rotatable bonds is 32. The van der Waals surface area contributed by atoms with Crippen LogP contribution in [0.5, 0.6) is 5.75 Å². The molecule has 3 nitrogen and oxygen atoms in total. The molecule has 0 radical (unpaired) electrons. The van der Waals surface area contributed by atoms with E-state index in [1.54, 1.807) is 0 Å². The summed E-state index contributed by atoms with van der Waals surface area (Å²) in [5.74, 6) is 1.27. The van der Waals surface area contributed by atoms with Gasteiger partial charge in [0.05, 0.1) is 13.2 Å². The third-order valence-electron chi connectivity index (χ3n) is 11.7. The average molecular weight is 795 g/mol. The van der Waals surface area contributed by atoms with Gasteiger partial charge >= 0.3 is 8.60 Å². The van der Waals surface area contributed by atoms with Crippen LogP contribution in [0.15, 0.2) is 30.3 Å². The average Bonchev–Trinajstić information content (AvgIpc) is 3.14. The molecule has 0 saturated carbocycles. The van der Waals surface area contributed by atoms with E-state index < -0.39 is 8.60 Å². The number of hydrogen-bond donors (Lipinski definition) is 0. The Bertz CT molecular complexity index is 1260. The fourth-order valence-electron chi connectivity index (χ4n) is 7.97. The maximum Gasteiger partial charge on any atom is 0.397 e. The van der Waals surface area contributed by atoms with Crippen molar-refractivity contribution >= 4 is 8.60 Å². The first-order valence-electron chi connectivity index (χ1n) is 23.8. The van der Waals surface area contributed by atoms with Crippen LogP contribution >= 0.6 is 8.60 Å². The van der Waals surface area contributed by atoms with Crippen LogP contribution in [0.1, 0.15) is 256 Å². The van der Waals surface area contributed by atoms with Gasteiger partial charge in [0.2, 0.25) is 0 Å². The van der Waals surface area contributed by atoms with Gasteiger partial charge in [-0.2, -0.15) is 0 Å². The predicted molar refractivity (Wildman–Crippen MR) is 249 cm³/mol. The lowest BCUT2D eigenvalue weighted by Gasteiger charge is -2.30. The zero-order chi connectivity index (χ0) is 41.2. The van der Waals surface area contributed by atoms with E-state index in [9.17, 15) is 0 Å². The van der Waals surface area contributed by atoms with Gasteiger partial charge < -0.3 is 13.6 Å². The summed E-state index contributed by atoms with van der Waals surface area (Å²) in [6.07, 6.45) is 31.5. The van der Waals surface area contributed by atoms with Crippen molar-refractivity contribution in [1.82, 2.24) is 0 Å². The molecule has 0 saturated heterocycles. The van der Waals surface area contributed by atoms with Crippen LogP contribution < -0.4 is 4.52 Å². The maximum atomic E-state index is 6.86. The molecule has 2 rings (SSSR count). The molecule has 322 valence electrons. The second-order valence-corrected chi connectivity index (χ2v) is 20.3. The van der Waals surface area contributed by atoms with E-state index in [1.165, 1.54) is 162 Å². The van der Waals surface area contributed by atoms with E-state index in [0.717, 1.165) is 31.4 Å². The third kappa shape index (κ3) is 20.5. The van der Waals surface area contributed by atoms with Crippen molar-refractivity contribution in [3.63, 3.8) is 0 Å². The molecule has 2 aromatic rings. The molecule has 0 N–H and O–H groups in total. The predicted octanol–water partition coefficient (Wildman–Crippen LogP) is 18.1. The fraction of sp³-hybridized carbons (Fsp3) is 0.769. The second-order valence-electron chi connectivity index (χ2n) is 19.2. The first kappa shape index (κ1) is 50.7. The summed E-state index contributed by atoms with van der Waals surface area (Å²) < 4.78 is 19.9. The van der Waals surface area contributed by atoms with E-state index in [2.05, 4.69) is 106 Å². The van der Waals surface area contributed by atoms with Crippen LogP contribution in [0.4, 0.5) is 0 Å². The lowest BCUT2D eigenvalue weighted by molar-refractivity contribution is 0.197. The van der Waals surface area contributed by atoms with Crippen molar-refractivity contribution in [2.24, 2.45) is 0 Å². The molecule has 0 spiro atoms. The number of benzene rings is 2. The number of aryl methyl sites for hydroxylation is 2. The Kier molecular flexibility index (Phi) is 26.2. The number of hydrogen-bond acceptors (Lipinski definition) is 3. The van der Waals surface area contributed by atoms with Gasteiger partial charge in [0, 0.05) is 11.5 Å². The topological polar surface area (TPSA) is 27.7 Å². The zero-order valence-corrected chi connectivity index (χ0v) is 39.9. The van der Waals surface area contributed by atoms with E-state index in [4.69, 9.17) is 13.6 Å². The summed E-state index contributed by atoms with van der Waals surface area (Å²) in [6.45, 7) is 26.8. The molecule has 0 bridgehead atoms. The molecule has 0 fully saturated rings.